The first kappa shape index (κ1) is 9.55. The van der Waals surface area contributed by atoms with Gasteiger partial charge in [0.2, 0.25) is 9.05 Å². The molecule has 0 fully saturated rings. The molecule has 3 nitrogen and oxygen atoms in total. The molecule has 1 heterocycles. The summed E-state index contributed by atoms with van der Waals surface area (Å²) >= 11 is 0. The van der Waals surface area contributed by atoms with Gasteiger partial charge in [0, 0.05) is 16.1 Å². The zero-order valence-corrected chi connectivity index (χ0v) is 8.68. The molecule has 5 heteroatoms. The summed E-state index contributed by atoms with van der Waals surface area (Å²) in [6.45, 7) is 0. The van der Waals surface area contributed by atoms with Crippen molar-refractivity contribution in [2.24, 2.45) is 0 Å². The van der Waals surface area contributed by atoms with E-state index in [4.69, 9.17) is 15.1 Å². The Hall–Kier alpha value is -1.00. The smallest absolute Gasteiger partial charge is 0.236 e. The maximum absolute atomic E-state index is 10.8. The third-order valence-electron chi connectivity index (χ3n) is 1.86. The van der Waals surface area contributed by atoms with Crippen molar-refractivity contribution < 1.29 is 12.8 Å². The van der Waals surface area contributed by atoms with Crippen LogP contribution >= 0.6 is 10.7 Å². The second kappa shape index (κ2) is 3.29. The molecular formula is C9H7ClO3S. The molecular weight excluding hydrogens is 224 g/mol. The number of furan rings is 1. The molecule has 14 heavy (non-hydrogen) atoms. The van der Waals surface area contributed by atoms with Crippen LogP contribution in [0.3, 0.4) is 0 Å². The molecule has 2 aromatic rings. The van der Waals surface area contributed by atoms with E-state index in [0.717, 1.165) is 5.39 Å². The largest absolute Gasteiger partial charge is 0.464 e. The average Bonchev–Trinajstić information content (AvgIpc) is 2.47. The summed E-state index contributed by atoms with van der Waals surface area (Å²) in [6.07, 6.45) is 1.56. The van der Waals surface area contributed by atoms with Crippen LogP contribution in [0.25, 0.3) is 11.0 Å². The lowest BCUT2D eigenvalue weighted by Crippen LogP contribution is -1.94. The lowest BCUT2D eigenvalue weighted by molar-refractivity contribution is 0.608. The van der Waals surface area contributed by atoms with Gasteiger partial charge in [-0.3, -0.25) is 0 Å². The van der Waals surface area contributed by atoms with Crippen molar-refractivity contribution in [1.82, 2.24) is 0 Å². The molecule has 0 unspecified atom stereocenters. The normalized spacial score (nSPS) is 12.1. The fourth-order valence-electron chi connectivity index (χ4n) is 1.29. The van der Waals surface area contributed by atoms with Crippen molar-refractivity contribution in [3.8, 4) is 0 Å². The van der Waals surface area contributed by atoms with Gasteiger partial charge in [-0.05, 0) is 17.7 Å². The molecule has 0 saturated carbocycles. The van der Waals surface area contributed by atoms with Gasteiger partial charge >= 0.3 is 0 Å². The predicted molar refractivity (Wildman–Crippen MR) is 54.7 cm³/mol. The van der Waals surface area contributed by atoms with Gasteiger partial charge in [0.05, 0.1) is 12.0 Å². The first-order valence-corrected chi connectivity index (χ1v) is 6.41. The van der Waals surface area contributed by atoms with Gasteiger partial charge in [0.15, 0.2) is 0 Å². The molecule has 1 aromatic carbocycles. The highest BCUT2D eigenvalue weighted by molar-refractivity contribution is 8.13. The van der Waals surface area contributed by atoms with Crippen molar-refractivity contribution in [1.29, 1.82) is 0 Å². The van der Waals surface area contributed by atoms with Crippen molar-refractivity contribution in [2.75, 3.05) is 0 Å². The maximum atomic E-state index is 10.8. The van der Waals surface area contributed by atoms with Crippen molar-refractivity contribution in [2.45, 2.75) is 5.75 Å². The standard InChI is InChI=1S/C9H7ClO3S/c10-14(11,12)6-7-1-2-8-3-4-13-9(8)5-7/h1-5H,6H2. The van der Waals surface area contributed by atoms with Crippen LogP contribution in [0, 0.1) is 0 Å². The zero-order chi connectivity index (χ0) is 10.2. The van der Waals surface area contributed by atoms with Gasteiger partial charge in [-0.2, -0.15) is 0 Å². The topological polar surface area (TPSA) is 47.3 Å². The minimum absolute atomic E-state index is 0.175. The Kier molecular flexibility index (Phi) is 2.25. The highest BCUT2D eigenvalue weighted by Crippen LogP contribution is 2.19. The molecule has 0 amide bonds. The van der Waals surface area contributed by atoms with Crippen LogP contribution in [0.4, 0.5) is 0 Å². The average molecular weight is 231 g/mol. The summed E-state index contributed by atoms with van der Waals surface area (Å²) in [5.74, 6) is -0.175. The van der Waals surface area contributed by atoms with Crippen molar-refractivity contribution in [3.63, 3.8) is 0 Å². The van der Waals surface area contributed by atoms with E-state index in [1.807, 2.05) is 6.07 Å². The quantitative estimate of drug-likeness (QED) is 0.745. The summed E-state index contributed by atoms with van der Waals surface area (Å²) in [7, 11) is 1.64. The van der Waals surface area contributed by atoms with Gasteiger partial charge in [-0.1, -0.05) is 12.1 Å². The monoisotopic (exact) mass is 230 g/mol. The van der Waals surface area contributed by atoms with Crippen LogP contribution in [0.1, 0.15) is 5.56 Å². The van der Waals surface area contributed by atoms with E-state index < -0.39 is 9.05 Å². The molecule has 0 bridgehead atoms. The summed E-state index contributed by atoms with van der Waals surface area (Å²) in [6, 6.07) is 7.01. The Morgan fingerprint density at radius 2 is 2.07 bits per heavy atom. The fraction of sp³-hybridized carbons (Fsp3) is 0.111. The second-order valence-corrected chi connectivity index (χ2v) is 5.75. The zero-order valence-electron chi connectivity index (χ0n) is 7.10. The lowest BCUT2D eigenvalue weighted by atomic mass is 10.2. The van der Waals surface area contributed by atoms with E-state index in [1.165, 1.54) is 0 Å². The van der Waals surface area contributed by atoms with E-state index in [-0.39, 0.29) is 5.75 Å². The third kappa shape index (κ3) is 2.08. The Morgan fingerprint density at radius 1 is 1.29 bits per heavy atom. The highest BCUT2D eigenvalue weighted by Gasteiger charge is 2.08. The van der Waals surface area contributed by atoms with E-state index in [9.17, 15) is 8.42 Å². The fourth-order valence-corrected chi connectivity index (χ4v) is 2.24. The first-order chi connectivity index (χ1) is 6.54. The van der Waals surface area contributed by atoms with Gasteiger partial charge < -0.3 is 4.42 Å². The number of hydrogen-bond donors (Lipinski definition) is 0. The molecule has 0 spiro atoms. The van der Waals surface area contributed by atoms with Crippen molar-refractivity contribution in [3.05, 3.63) is 36.1 Å². The van der Waals surface area contributed by atoms with Gasteiger partial charge in [0.1, 0.15) is 5.58 Å². The molecule has 0 saturated heterocycles. The van der Waals surface area contributed by atoms with Gasteiger partial charge in [-0.25, -0.2) is 8.42 Å². The van der Waals surface area contributed by atoms with E-state index in [0.29, 0.717) is 11.1 Å². The van der Waals surface area contributed by atoms with Gasteiger partial charge in [0.25, 0.3) is 0 Å². The Balaban J connectivity index is 2.44. The van der Waals surface area contributed by atoms with E-state index in [2.05, 4.69) is 0 Å². The Labute approximate surface area is 85.7 Å². The maximum Gasteiger partial charge on any atom is 0.236 e. The van der Waals surface area contributed by atoms with Gasteiger partial charge in [-0.15, -0.1) is 0 Å². The van der Waals surface area contributed by atoms with E-state index >= 15 is 0 Å². The van der Waals surface area contributed by atoms with Crippen LogP contribution in [-0.4, -0.2) is 8.42 Å². The summed E-state index contributed by atoms with van der Waals surface area (Å²) in [4.78, 5) is 0. The number of halogens is 1. The lowest BCUT2D eigenvalue weighted by Gasteiger charge is -1.96. The minimum Gasteiger partial charge on any atom is -0.464 e. The number of benzene rings is 1. The number of fused-ring (bicyclic) bond motifs is 1. The van der Waals surface area contributed by atoms with Crippen LogP contribution in [0.5, 0.6) is 0 Å². The second-order valence-electron chi connectivity index (χ2n) is 2.98. The molecule has 2 rings (SSSR count). The molecule has 0 aliphatic carbocycles. The summed E-state index contributed by atoms with van der Waals surface area (Å²) in [5.41, 5.74) is 1.30. The number of hydrogen-bond acceptors (Lipinski definition) is 3. The highest BCUT2D eigenvalue weighted by atomic mass is 35.7. The molecule has 74 valence electrons. The molecule has 0 atom stereocenters. The minimum atomic E-state index is -3.50. The summed E-state index contributed by atoms with van der Waals surface area (Å²) < 4.78 is 26.8. The van der Waals surface area contributed by atoms with Crippen LogP contribution in [-0.2, 0) is 14.8 Å². The Bertz CT molecular complexity index is 556. The first-order valence-electron chi connectivity index (χ1n) is 3.93. The SMILES string of the molecule is O=S(=O)(Cl)Cc1ccc2ccoc2c1. The van der Waals surface area contributed by atoms with Crippen LogP contribution < -0.4 is 0 Å². The Morgan fingerprint density at radius 3 is 2.79 bits per heavy atom. The predicted octanol–water partition coefficient (Wildman–Crippen LogP) is 2.50. The van der Waals surface area contributed by atoms with Crippen LogP contribution in [0.2, 0.25) is 0 Å². The third-order valence-corrected chi connectivity index (χ3v) is 2.87. The number of rotatable bonds is 2. The van der Waals surface area contributed by atoms with E-state index in [1.54, 1.807) is 24.5 Å². The molecule has 0 aliphatic heterocycles. The van der Waals surface area contributed by atoms with Crippen LogP contribution in [0.15, 0.2) is 34.9 Å². The summed E-state index contributed by atoms with van der Waals surface area (Å²) in [5, 5.41) is 0.945. The molecule has 0 aliphatic rings. The van der Waals surface area contributed by atoms with Crippen molar-refractivity contribution >= 4 is 30.7 Å². The molecule has 1 aromatic heterocycles. The molecule has 0 N–H and O–H groups in total. The molecule has 0 radical (unpaired) electrons.